The topological polar surface area (TPSA) is 48.3 Å². The Labute approximate surface area is 99.0 Å². The average Bonchev–Trinajstić information content (AvgIpc) is 2.96. The maximum Gasteiger partial charge on any atom is 0.231 e. The van der Waals surface area contributed by atoms with Crippen molar-refractivity contribution in [1.82, 2.24) is 14.9 Å². The van der Waals surface area contributed by atoms with Gasteiger partial charge in [0, 0.05) is 18.5 Å². The molecular weight excluding hydrogens is 218 g/mol. The standard InChI is InChI=1S/C12H13N3O2/c1-13-7-12-14-4-5-15(12)9-2-3-10-11(6-9)17-8-16-10/h2-6,13H,7-8H2,1H3. The van der Waals surface area contributed by atoms with Crippen molar-refractivity contribution in [2.75, 3.05) is 13.8 Å². The second kappa shape index (κ2) is 4.10. The molecule has 5 heteroatoms. The zero-order valence-corrected chi connectivity index (χ0v) is 9.51. The van der Waals surface area contributed by atoms with Gasteiger partial charge in [0.2, 0.25) is 6.79 Å². The van der Waals surface area contributed by atoms with Crippen LogP contribution in [-0.2, 0) is 6.54 Å². The van der Waals surface area contributed by atoms with Crippen LogP contribution in [0, 0.1) is 0 Å². The van der Waals surface area contributed by atoms with Crippen LogP contribution in [0.1, 0.15) is 5.82 Å². The van der Waals surface area contributed by atoms with Gasteiger partial charge in [-0.3, -0.25) is 0 Å². The number of rotatable bonds is 3. The van der Waals surface area contributed by atoms with Crippen LogP contribution in [0.25, 0.3) is 5.69 Å². The predicted molar refractivity (Wildman–Crippen MR) is 62.5 cm³/mol. The highest BCUT2D eigenvalue weighted by Gasteiger charge is 2.14. The minimum atomic E-state index is 0.298. The quantitative estimate of drug-likeness (QED) is 0.865. The van der Waals surface area contributed by atoms with Gasteiger partial charge in [0.1, 0.15) is 5.82 Å². The molecule has 0 fully saturated rings. The summed E-state index contributed by atoms with van der Waals surface area (Å²) >= 11 is 0. The smallest absolute Gasteiger partial charge is 0.231 e. The number of nitrogens with zero attached hydrogens (tertiary/aromatic N) is 2. The molecule has 1 aliphatic heterocycles. The molecule has 88 valence electrons. The fourth-order valence-electron chi connectivity index (χ4n) is 1.89. The summed E-state index contributed by atoms with van der Waals surface area (Å²) in [6.45, 7) is 1.02. The van der Waals surface area contributed by atoms with E-state index in [-0.39, 0.29) is 0 Å². The lowest BCUT2D eigenvalue weighted by molar-refractivity contribution is 0.174. The summed E-state index contributed by atoms with van der Waals surface area (Å²) < 4.78 is 12.7. The van der Waals surface area contributed by atoms with E-state index in [4.69, 9.17) is 9.47 Å². The van der Waals surface area contributed by atoms with E-state index in [1.165, 1.54) is 0 Å². The monoisotopic (exact) mass is 231 g/mol. The number of imidazole rings is 1. The molecule has 1 N–H and O–H groups in total. The first-order valence-corrected chi connectivity index (χ1v) is 5.45. The molecule has 0 bridgehead atoms. The first kappa shape index (κ1) is 10.2. The van der Waals surface area contributed by atoms with Gasteiger partial charge in [0.25, 0.3) is 0 Å². The second-order valence-corrected chi connectivity index (χ2v) is 3.78. The molecule has 2 aromatic rings. The van der Waals surface area contributed by atoms with Crippen molar-refractivity contribution in [3.05, 3.63) is 36.4 Å². The number of nitrogens with one attached hydrogen (secondary N) is 1. The first-order valence-electron chi connectivity index (χ1n) is 5.45. The molecule has 2 heterocycles. The van der Waals surface area contributed by atoms with Gasteiger partial charge in [-0.2, -0.15) is 0 Å². The Kier molecular flexibility index (Phi) is 2.45. The molecular formula is C12H13N3O2. The van der Waals surface area contributed by atoms with Crippen LogP contribution in [0.4, 0.5) is 0 Å². The molecule has 17 heavy (non-hydrogen) atoms. The first-order chi connectivity index (χ1) is 8.38. The van der Waals surface area contributed by atoms with Crippen molar-refractivity contribution in [1.29, 1.82) is 0 Å². The van der Waals surface area contributed by atoms with Crippen LogP contribution in [0.5, 0.6) is 11.5 Å². The number of hydrogen-bond acceptors (Lipinski definition) is 4. The van der Waals surface area contributed by atoms with Crippen LogP contribution >= 0.6 is 0 Å². The predicted octanol–water partition coefficient (Wildman–Crippen LogP) is 1.32. The maximum atomic E-state index is 5.37. The zero-order chi connectivity index (χ0) is 11.7. The van der Waals surface area contributed by atoms with Crippen LogP contribution < -0.4 is 14.8 Å². The number of ether oxygens (including phenoxy) is 2. The van der Waals surface area contributed by atoms with Crippen LogP contribution in [0.2, 0.25) is 0 Å². The van der Waals surface area contributed by atoms with Gasteiger partial charge < -0.3 is 19.4 Å². The minimum Gasteiger partial charge on any atom is -0.454 e. The van der Waals surface area contributed by atoms with Gasteiger partial charge in [-0.15, -0.1) is 0 Å². The molecule has 0 saturated carbocycles. The molecule has 1 aromatic heterocycles. The molecule has 0 unspecified atom stereocenters. The fraction of sp³-hybridized carbons (Fsp3) is 0.250. The van der Waals surface area contributed by atoms with Crippen LogP contribution in [0.15, 0.2) is 30.6 Å². The normalized spacial score (nSPS) is 13.0. The second-order valence-electron chi connectivity index (χ2n) is 3.78. The largest absolute Gasteiger partial charge is 0.454 e. The number of hydrogen-bond donors (Lipinski definition) is 1. The van der Waals surface area contributed by atoms with Crippen molar-refractivity contribution in [3.63, 3.8) is 0 Å². The lowest BCUT2D eigenvalue weighted by Crippen LogP contribution is -2.11. The van der Waals surface area contributed by atoms with Crippen molar-refractivity contribution < 1.29 is 9.47 Å². The third-order valence-electron chi connectivity index (χ3n) is 2.69. The van der Waals surface area contributed by atoms with E-state index >= 15 is 0 Å². The molecule has 1 aromatic carbocycles. The van der Waals surface area contributed by atoms with Crippen LogP contribution in [0.3, 0.4) is 0 Å². The molecule has 0 amide bonds. The number of aromatic nitrogens is 2. The summed E-state index contributed by atoms with van der Waals surface area (Å²) in [7, 11) is 1.90. The lowest BCUT2D eigenvalue weighted by Gasteiger charge is -2.08. The van der Waals surface area contributed by atoms with Crippen molar-refractivity contribution in [2.45, 2.75) is 6.54 Å². The van der Waals surface area contributed by atoms with E-state index in [1.807, 2.05) is 36.0 Å². The molecule has 0 aliphatic carbocycles. The molecule has 5 nitrogen and oxygen atoms in total. The molecule has 3 rings (SSSR count). The molecule has 0 spiro atoms. The summed E-state index contributed by atoms with van der Waals surface area (Å²) in [6.07, 6.45) is 3.72. The van der Waals surface area contributed by atoms with Gasteiger partial charge in [0.15, 0.2) is 11.5 Å². The Hall–Kier alpha value is -2.01. The average molecular weight is 231 g/mol. The van der Waals surface area contributed by atoms with E-state index in [1.54, 1.807) is 6.20 Å². The van der Waals surface area contributed by atoms with E-state index in [9.17, 15) is 0 Å². The Morgan fingerprint density at radius 1 is 1.35 bits per heavy atom. The molecule has 1 aliphatic rings. The summed E-state index contributed by atoms with van der Waals surface area (Å²) in [6, 6.07) is 5.87. The fourth-order valence-corrected chi connectivity index (χ4v) is 1.89. The van der Waals surface area contributed by atoms with Gasteiger partial charge in [-0.25, -0.2) is 4.98 Å². The zero-order valence-electron chi connectivity index (χ0n) is 9.51. The maximum absolute atomic E-state index is 5.37. The Bertz CT molecular complexity index is 536. The number of fused-ring (bicyclic) bond motifs is 1. The molecule has 0 radical (unpaired) electrons. The van der Waals surface area contributed by atoms with Crippen LogP contribution in [-0.4, -0.2) is 23.4 Å². The van der Waals surface area contributed by atoms with Gasteiger partial charge in [0.05, 0.1) is 12.2 Å². The summed E-state index contributed by atoms with van der Waals surface area (Å²) in [5, 5.41) is 3.09. The van der Waals surface area contributed by atoms with Crippen molar-refractivity contribution in [3.8, 4) is 17.2 Å². The molecule has 0 saturated heterocycles. The SMILES string of the molecule is CNCc1nccn1-c1ccc2c(c1)OCO2. The summed E-state index contributed by atoms with van der Waals surface area (Å²) in [5.74, 6) is 2.54. The highest BCUT2D eigenvalue weighted by Crippen LogP contribution is 2.33. The Morgan fingerprint density at radius 2 is 2.24 bits per heavy atom. The third-order valence-corrected chi connectivity index (χ3v) is 2.69. The van der Waals surface area contributed by atoms with Crippen molar-refractivity contribution in [2.24, 2.45) is 0 Å². The Balaban J connectivity index is 2.00. The Morgan fingerprint density at radius 3 is 3.12 bits per heavy atom. The van der Waals surface area contributed by atoms with E-state index in [0.29, 0.717) is 6.79 Å². The number of benzene rings is 1. The summed E-state index contributed by atoms with van der Waals surface area (Å²) in [4.78, 5) is 4.30. The summed E-state index contributed by atoms with van der Waals surface area (Å²) in [5.41, 5.74) is 1.03. The lowest BCUT2D eigenvalue weighted by atomic mass is 10.2. The highest BCUT2D eigenvalue weighted by molar-refractivity contribution is 5.50. The van der Waals surface area contributed by atoms with Gasteiger partial charge in [-0.05, 0) is 19.2 Å². The minimum absolute atomic E-state index is 0.298. The van der Waals surface area contributed by atoms with Gasteiger partial charge in [-0.1, -0.05) is 0 Å². The molecule has 0 atom stereocenters. The van der Waals surface area contributed by atoms with Crippen molar-refractivity contribution >= 4 is 0 Å². The highest BCUT2D eigenvalue weighted by atomic mass is 16.7. The van der Waals surface area contributed by atoms with E-state index in [0.717, 1.165) is 29.6 Å². The van der Waals surface area contributed by atoms with E-state index in [2.05, 4.69) is 10.3 Å². The van der Waals surface area contributed by atoms with E-state index < -0.39 is 0 Å². The van der Waals surface area contributed by atoms with Gasteiger partial charge >= 0.3 is 0 Å². The third kappa shape index (κ3) is 1.74.